The summed E-state index contributed by atoms with van der Waals surface area (Å²) < 4.78 is 39.2. The van der Waals surface area contributed by atoms with Gasteiger partial charge in [0.05, 0.1) is 10.9 Å². The maximum Gasteiger partial charge on any atom is 0.0714 e. The van der Waals surface area contributed by atoms with Gasteiger partial charge in [-0.05, 0) is 136 Å². The lowest BCUT2D eigenvalue weighted by molar-refractivity contribution is 0.768. The van der Waals surface area contributed by atoms with E-state index in [1.807, 2.05) is 59.5 Å². The van der Waals surface area contributed by atoms with E-state index in [1.165, 1.54) is 5.56 Å². The molecule has 1 heteroatoms. The van der Waals surface area contributed by atoms with Gasteiger partial charge in [0.2, 0.25) is 0 Å². The molecule has 0 fully saturated rings. The second kappa shape index (κ2) is 14.6. The Bertz CT molecular complexity index is 3640. The molecule has 0 radical (unpaired) electrons. The van der Waals surface area contributed by atoms with Gasteiger partial charge in [-0.25, -0.2) is 0 Å². The standard InChI is InChI=1S/C61H41N/c1-3-18-50(19-4-1)61(51-20-5-2-6-21-51)59-25-12-11-24-57(59)58-37-35-54(41-60(58)61)62(53-22-13-17-46(40-53)48-28-26-42-14-7-8-16-45(42)38-48)52-33-30-43(31-34-52)47-32-36-56-49(39-47)29-27-44-15-9-10-23-55(44)56/h1-41H/i30D,31D,33D,34D. The summed E-state index contributed by atoms with van der Waals surface area (Å²) in [4.78, 5) is 1.94. The lowest BCUT2D eigenvalue weighted by atomic mass is 9.67. The third-order valence-electron chi connectivity index (χ3n) is 12.8. The smallest absolute Gasteiger partial charge is 0.0714 e. The zero-order valence-electron chi connectivity index (χ0n) is 37.8. The summed E-state index contributed by atoms with van der Waals surface area (Å²) in [6.45, 7) is 0. The van der Waals surface area contributed by atoms with Crippen LogP contribution >= 0.6 is 0 Å². The highest BCUT2D eigenvalue weighted by Crippen LogP contribution is 2.57. The molecule has 1 nitrogen and oxygen atoms in total. The summed E-state index contributed by atoms with van der Waals surface area (Å²) in [7, 11) is 0. The molecule has 0 saturated heterocycles. The highest BCUT2D eigenvalue weighted by molar-refractivity contribution is 6.08. The third-order valence-corrected chi connectivity index (χ3v) is 12.8. The van der Waals surface area contributed by atoms with Crippen LogP contribution in [0.2, 0.25) is 0 Å². The van der Waals surface area contributed by atoms with Gasteiger partial charge in [-0.1, -0.05) is 200 Å². The molecule has 0 N–H and O–H groups in total. The Morgan fingerprint density at radius 2 is 0.871 bits per heavy atom. The Morgan fingerprint density at radius 3 is 1.68 bits per heavy atom. The predicted molar refractivity (Wildman–Crippen MR) is 262 cm³/mol. The van der Waals surface area contributed by atoms with Crippen molar-refractivity contribution in [3.63, 3.8) is 0 Å². The Labute approximate surface area is 368 Å². The number of anilines is 3. The van der Waals surface area contributed by atoms with Crippen molar-refractivity contribution in [3.8, 4) is 33.4 Å². The molecule has 12 rings (SSSR count). The summed E-state index contributed by atoms with van der Waals surface area (Å²) in [6, 6.07) is 77.3. The number of nitrogens with zero attached hydrogens (tertiary/aromatic N) is 1. The number of rotatable bonds is 7. The van der Waals surface area contributed by atoms with Crippen LogP contribution < -0.4 is 4.90 Å². The average molecular weight is 792 g/mol. The fraction of sp³-hybridized carbons (Fsp3) is 0.0164. The largest absolute Gasteiger partial charge is 0.310 e. The van der Waals surface area contributed by atoms with Crippen LogP contribution in [0.15, 0.2) is 249 Å². The van der Waals surface area contributed by atoms with Gasteiger partial charge in [0.25, 0.3) is 0 Å². The Morgan fingerprint density at radius 1 is 0.306 bits per heavy atom. The fourth-order valence-electron chi connectivity index (χ4n) is 9.90. The van der Waals surface area contributed by atoms with Gasteiger partial charge in [0, 0.05) is 17.1 Å². The van der Waals surface area contributed by atoms with Crippen molar-refractivity contribution in [2.75, 3.05) is 4.90 Å². The minimum atomic E-state index is -0.691. The third kappa shape index (κ3) is 5.78. The second-order valence-electron chi connectivity index (χ2n) is 16.2. The van der Waals surface area contributed by atoms with Crippen LogP contribution in [0.5, 0.6) is 0 Å². The van der Waals surface area contributed by atoms with Crippen molar-refractivity contribution in [1.82, 2.24) is 0 Å². The summed E-state index contributed by atoms with van der Waals surface area (Å²) in [5, 5.41) is 6.59. The number of hydrogen-bond acceptors (Lipinski definition) is 1. The van der Waals surface area contributed by atoms with Crippen molar-refractivity contribution in [2.45, 2.75) is 5.41 Å². The molecular weight excluding hydrogens is 747 g/mol. The first-order valence-electron chi connectivity index (χ1n) is 23.2. The van der Waals surface area contributed by atoms with E-state index in [-0.39, 0.29) is 35.4 Å². The van der Waals surface area contributed by atoms with Crippen molar-refractivity contribution in [3.05, 3.63) is 271 Å². The van der Waals surface area contributed by atoms with E-state index in [1.54, 1.807) is 0 Å². The molecule has 0 atom stereocenters. The molecule has 62 heavy (non-hydrogen) atoms. The maximum absolute atomic E-state index is 9.90. The molecule has 0 saturated carbocycles. The van der Waals surface area contributed by atoms with Crippen molar-refractivity contribution < 1.29 is 5.48 Å². The van der Waals surface area contributed by atoms with Crippen LogP contribution in [-0.4, -0.2) is 0 Å². The number of benzene rings is 11. The predicted octanol–water partition coefficient (Wildman–Crippen LogP) is 16.3. The van der Waals surface area contributed by atoms with Gasteiger partial charge >= 0.3 is 0 Å². The van der Waals surface area contributed by atoms with Crippen LogP contribution in [-0.2, 0) is 5.41 Å². The van der Waals surface area contributed by atoms with E-state index in [9.17, 15) is 5.48 Å². The Kier molecular flexibility index (Phi) is 7.51. The molecular formula is C61H41N. The van der Waals surface area contributed by atoms with E-state index < -0.39 is 5.41 Å². The molecule has 0 amide bonds. The second-order valence-corrected chi connectivity index (χ2v) is 16.2. The van der Waals surface area contributed by atoms with Crippen LogP contribution in [0.1, 0.15) is 27.7 Å². The molecule has 0 bridgehead atoms. The average Bonchev–Trinajstić information content (AvgIpc) is 3.67. The van der Waals surface area contributed by atoms with Crippen molar-refractivity contribution >= 4 is 49.4 Å². The van der Waals surface area contributed by atoms with E-state index in [0.717, 1.165) is 76.9 Å². The van der Waals surface area contributed by atoms with Crippen LogP contribution in [0.25, 0.3) is 65.7 Å². The monoisotopic (exact) mass is 791 g/mol. The lowest BCUT2D eigenvalue weighted by Gasteiger charge is -2.35. The molecule has 11 aromatic carbocycles. The highest BCUT2D eigenvalue weighted by Gasteiger charge is 2.46. The molecule has 0 spiro atoms. The first-order valence-corrected chi connectivity index (χ1v) is 21.2. The summed E-state index contributed by atoms with van der Waals surface area (Å²) in [5.74, 6) is 0. The molecule has 0 heterocycles. The maximum atomic E-state index is 9.90. The van der Waals surface area contributed by atoms with E-state index in [4.69, 9.17) is 0 Å². The fourth-order valence-corrected chi connectivity index (χ4v) is 9.90. The molecule has 1 aliphatic carbocycles. The Balaban J connectivity index is 1.10. The normalized spacial score (nSPS) is 13.5. The van der Waals surface area contributed by atoms with Gasteiger partial charge in [-0.15, -0.1) is 0 Å². The molecule has 0 unspecified atom stereocenters. The zero-order valence-corrected chi connectivity index (χ0v) is 33.8. The first-order chi connectivity index (χ1) is 32.4. The number of hydrogen-bond donors (Lipinski definition) is 0. The van der Waals surface area contributed by atoms with Crippen LogP contribution in [0, 0.1) is 0 Å². The van der Waals surface area contributed by atoms with E-state index in [2.05, 4.69) is 170 Å². The van der Waals surface area contributed by atoms with Crippen molar-refractivity contribution in [1.29, 1.82) is 0 Å². The molecule has 0 aromatic heterocycles. The van der Waals surface area contributed by atoms with Crippen LogP contribution in [0.4, 0.5) is 17.1 Å². The molecule has 1 aliphatic rings. The van der Waals surface area contributed by atoms with Crippen LogP contribution in [0.3, 0.4) is 0 Å². The SMILES string of the molecule is [2H]c1c([2H])c(N(c2cccc(-c3ccc4ccccc4c3)c2)c2ccc3c(c2)C(c2ccccc2)(c2ccccc2)c2ccccc2-3)c([2H])c([2H])c1-c1ccc2c(ccc3ccccc32)c1. The molecule has 11 aromatic rings. The summed E-state index contributed by atoms with van der Waals surface area (Å²) in [5.41, 5.74) is 10.6. The Hall–Kier alpha value is -8.00. The topological polar surface area (TPSA) is 3.24 Å². The van der Waals surface area contributed by atoms with Gasteiger partial charge in [0.15, 0.2) is 0 Å². The molecule has 0 aliphatic heterocycles. The quantitative estimate of drug-likeness (QED) is 0.145. The molecule has 290 valence electrons. The summed E-state index contributed by atoms with van der Waals surface area (Å²) in [6.07, 6.45) is 0. The van der Waals surface area contributed by atoms with Crippen molar-refractivity contribution in [2.24, 2.45) is 0 Å². The zero-order chi connectivity index (χ0) is 44.5. The van der Waals surface area contributed by atoms with E-state index >= 15 is 0 Å². The van der Waals surface area contributed by atoms with Gasteiger partial charge < -0.3 is 4.90 Å². The van der Waals surface area contributed by atoms with Gasteiger partial charge in [-0.2, -0.15) is 0 Å². The minimum absolute atomic E-state index is 0.0988. The van der Waals surface area contributed by atoms with Gasteiger partial charge in [0.1, 0.15) is 0 Å². The minimum Gasteiger partial charge on any atom is -0.310 e. The summed E-state index contributed by atoms with van der Waals surface area (Å²) >= 11 is 0. The lowest BCUT2D eigenvalue weighted by Crippen LogP contribution is -2.28. The van der Waals surface area contributed by atoms with Gasteiger partial charge in [-0.3, -0.25) is 0 Å². The van der Waals surface area contributed by atoms with E-state index in [0.29, 0.717) is 11.3 Å². The first kappa shape index (κ1) is 31.9. The number of fused-ring (bicyclic) bond motifs is 7. The highest BCUT2D eigenvalue weighted by atomic mass is 15.1.